The van der Waals surface area contributed by atoms with Gasteiger partial charge in [-0.25, -0.2) is 0 Å². The zero-order valence-corrected chi connectivity index (χ0v) is 21.9. The molecule has 0 saturated carbocycles. The van der Waals surface area contributed by atoms with Gasteiger partial charge in [-0.2, -0.15) is 0 Å². The first-order valence-corrected chi connectivity index (χ1v) is 12.7. The molecule has 1 aliphatic heterocycles. The summed E-state index contributed by atoms with van der Waals surface area (Å²) in [6.07, 6.45) is 1.84. The van der Waals surface area contributed by atoms with Crippen LogP contribution in [0.4, 0.5) is 5.69 Å². The van der Waals surface area contributed by atoms with Gasteiger partial charge < -0.3 is 14.8 Å². The van der Waals surface area contributed by atoms with Crippen LogP contribution in [0.3, 0.4) is 0 Å². The van der Waals surface area contributed by atoms with E-state index in [2.05, 4.69) is 84.9 Å². The highest BCUT2D eigenvalue weighted by Crippen LogP contribution is 2.44. The molecule has 6 heteroatoms. The molecule has 2 atom stereocenters. The summed E-state index contributed by atoms with van der Waals surface area (Å²) in [5, 5.41) is 5.00. The van der Waals surface area contributed by atoms with Crippen LogP contribution in [0.5, 0.6) is 0 Å². The number of aryl methyl sites for hydroxylation is 1. The van der Waals surface area contributed by atoms with Crippen LogP contribution >= 0.6 is 23.8 Å². The molecule has 1 aliphatic rings. The van der Waals surface area contributed by atoms with Crippen molar-refractivity contribution in [2.75, 3.05) is 4.90 Å². The molecule has 5 rings (SSSR count). The van der Waals surface area contributed by atoms with Crippen molar-refractivity contribution in [3.63, 3.8) is 0 Å². The normalized spacial score (nSPS) is 17.8. The third-order valence-corrected chi connectivity index (χ3v) is 7.45. The molecule has 2 aromatic heterocycles. The number of para-hydroxylation sites is 1. The summed E-state index contributed by atoms with van der Waals surface area (Å²) in [6.45, 7) is 8.70. The Balaban J connectivity index is 1.67. The number of halogens is 1. The summed E-state index contributed by atoms with van der Waals surface area (Å²) < 4.78 is 2.23. The van der Waals surface area contributed by atoms with E-state index in [0.717, 1.165) is 33.5 Å². The largest absolute Gasteiger partial charge is 0.351 e. The molecule has 1 N–H and O–H groups in total. The molecule has 0 radical (unpaired) electrons. The summed E-state index contributed by atoms with van der Waals surface area (Å²) in [4.78, 5) is 6.92. The number of hydrogen-bond donors (Lipinski definition) is 1. The Labute approximate surface area is 217 Å². The van der Waals surface area contributed by atoms with Crippen LogP contribution in [-0.4, -0.2) is 14.7 Å². The average molecular weight is 501 g/mol. The van der Waals surface area contributed by atoms with E-state index in [1.54, 1.807) is 0 Å². The third kappa shape index (κ3) is 4.24. The summed E-state index contributed by atoms with van der Waals surface area (Å²) in [7, 11) is 0. The van der Waals surface area contributed by atoms with Crippen molar-refractivity contribution < 1.29 is 0 Å². The quantitative estimate of drug-likeness (QED) is 0.288. The van der Waals surface area contributed by atoms with Crippen molar-refractivity contribution in [2.24, 2.45) is 0 Å². The zero-order valence-electron chi connectivity index (χ0n) is 20.4. The molecule has 0 spiro atoms. The minimum atomic E-state index is -0.0892. The highest BCUT2D eigenvalue weighted by Gasteiger charge is 2.42. The van der Waals surface area contributed by atoms with Gasteiger partial charge in [-0.15, -0.1) is 0 Å². The number of pyridine rings is 1. The summed E-state index contributed by atoms with van der Waals surface area (Å²) in [6, 6.07) is 24.8. The lowest BCUT2D eigenvalue weighted by Crippen LogP contribution is -2.29. The van der Waals surface area contributed by atoms with Crippen LogP contribution in [0.2, 0.25) is 5.02 Å². The number of aromatic nitrogens is 2. The van der Waals surface area contributed by atoms with E-state index < -0.39 is 0 Å². The van der Waals surface area contributed by atoms with Gasteiger partial charge in [-0.3, -0.25) is 4.98 Å². The van der Waals surface area contributed by atoms with Gasteiger partial charge >= 0.3 is 0 Å². The SMILES string of the molecule is Cc1cc([C@H]2[C@H](c3ccccn3)NC(=S)N2c2ccc(C(C)C)cc2)c(C)n1-c1ccccc1Cl. The topological polar surface area (TPSA) is 33.1 Å². The lowest BCUT2D eigenvalue weighted by atomic mass is 9.96. The van der Waals surface area contributed by atoms with E-state index in [1.807, 2.05) is 36.5 Å². The lowest BCUT2D eigenvalue weighted by Gasteiger charge is -2.28. The number of nitrogens with one attached hydrogen (secondary N) is 1. The van der Waals surface area contributed by atoms with Crippen molar-refractivity contribution in [1.29, 1.82) is 0 Å². The molecule has 1 fully saturated rings. The van der Waals surface area contributed by atoms with Crippen molar-refractivity contribution in [3.8, 4) is 5.69 Å². The van der Waals surface area contributed by atoms with E-state index >= 15 is 0 Å². The second-order valence-corrected chi connectivity index (χ2v) is 10.2. The van der Waals surface area contributed by atoms with Gasteiger partial charge in [-0.05, 0) is 85.6 Å². The first-order chi connectivity index (χ1) is 16.9. The Kier molecular flexibility index (Phi) is 6.39. The lowest BCUT2D eigenvalue weighted by molar-refractivity contribution is 0.565. The van der Waals surface area contributed by atoms with Crippen molar-refractivity contribution >= 4 is 34.6 Å². The maximum atomic E-state index is 6.61. The van der Waals surface area contributed by atoms with Crippen molar-refractivity contribution in [1.82, 2.24) is 14.9 Å². The second-order valence-electron chi connectivity index (χ2n) is 9.36. The van der Waals surface area contributed by atoms with Crippen LogP contribution in [0.15, 0.2) is 79.0 Å². The zero-order chi connectivity index (χ0) is 24.7. The Morgan fingerprint density at radius 3 is 2.34 bits per heavy atom. The third-order valence-electron chi connectivity index (χ3n) is 6.82. The molecule has 0 aliphatic carbocycles. The molecule has 4 aromatic rings. The predicted molar refractivity (Wildman–Crippen MR) is 149 cm³/mol. The van der Waals surface area contributed by atoms with E-state index in [-0.39, 0.29) is 12.1 Å². The van der Waals surface area contributed by atoms with Crippen LogP contribution in [0.1, 0.15) is 60.1 Å². The maximum Gasteiger partial charge on any atom is 0.174 e. The van der Waals surface area contributed by atoms with Gasteiger partial charge in [0.25, 0.3) is 0 Å². The molecule has 2 aromatic carbocycles. The van der Waals surface area contributed by atoms with E-state index in [0.29, 0.717) is 11.0 Å². The monoisotopic (exact) mass is 500 g/mol. The fraction of sp³-hybridized carbons (Fsp3) is 0.241. The van der Waals surface area contributed by atoms with Gasteiger partial charge in [0.05, 0.1) is 28.5 Å². The number of nitrogens with zero attached hydrogens (tertiary/aromatic N) is 3. The molecule has 3 heterocycles. The Hall–Kier alpha value is -3.15. The summed E-state index contributed by atoms with van der Waals surface area (Å²) in [5.41, 5.74) is 7.77. The number of anilines is 1. The van der Waals surface area contributed by atoms with Gasteiger partial charge in [-0.1, -0.05) is 55.8 Å². The van der Waals surface area contributed by atoms with Crippen molar-refractivity contribution in [2.45, 2.75) is 45.7 Å². The molecule has 0 amide bonds. The van der Waals surface area contributed by atoms with Gasteiger partial charge in [0.1, 0.15) is 0 Å². The Morgan fingerprint density at radius 1 is 0.971 bits per heavy atom. The highest BCUT2D eigenvalue weighted by atomic mass is 35.5. The number of rotatable bonds is 5. The Morgan fingerprint density at radius 2 is 1.69 bits per heavy atom. The maximum absolute atomic E-state index is 6.61. The molecule has 35 heavy (non-hydrogen) atoms. The predicted octanol–water partition coefficient (Wildman–Crippen LogP) is 7.44. The number of benzene rings is 2. The molecule has 4 nitrogen and oxygen atoms in total. The molecule has 178 valence electrons. The van der Waals surface area contributed by atoms with Crippen molar-refractivity contribution in [3.05, 3.63) is 112 Å². The molecule has 1 saturated heterocycles. The fourth-order valence-electron chi connectivity index (χ4n) is 5.06. The summed E-state index contributed by atoms with van der Waals surface area (Å²) >= 11 is 12.5. The van der Waals surface area contributed by atoms with Crippen LogP contribution in [0.25, 0.3) is 5.69 Å². The van der Waals surface area contributed by atoms with Crippen LogP contribution < -0.4 is 10.2 Å². The molecular formula is C29H29ClN4S. The standard InChI is InChI=1S/C29H29ClN4S/c1-18(2)21-12-14-22(15-13-21)34-28(27(32-29(34)35)25-10-7-8-16-31-25)23-17-19(3)33(20(23)4)26-11-6-5-9-24(26)30/h5-18,27-28H,1-4H3,(H,32,35)/t27-,28-/m0/s1. The average Bonchev–Trinajstić information content (AvgIpc) is 3.35. The van der Waals surface area contributed by atoms with Gasteiger partial charge in [0.2, 0.25) is 0 Å². The molecule has 0 bridgehead atoms. The molecular weight excluding hydrogens is 472 g/mol. The van der Waals surface area contributed by atoms with E-state index in [4.69, 9.17) is 28.8 Å². The molecule has 0 unspecified atom stereocenters. The smallest absolute Gasteiger partial charge is 0.174 e. The van der Waals surface area contributed by atoms with Crippen LogP contribution in [-0.2, 0) is 0 Å². The first kappa shape index (κ1) is 23.6. The second kappa shape index (κ2) is 9.48. The Bertz CT molecular complexity index is 1360. The highest BCUT2D eigenvalue weighted by molar-refractivity contribution is 7.80. The number of thiocarbonyl (C=S) groups is 1. The number of hydrogen-bond acceptors (Lipinski definition) is 2. The van der Waals surface area contributed by atoms with E-state index in [9.17, 15) is 0 Å². The van der Waals surface area contributed by atoms with Crippen LogP contribution in [0, 0.1) is 13.8 Å². The van der Waals surface area contributed by atoms with E-state index in [1.165, 1.54) is 11.1 Å². The minimum Gasteiger partial charge on any atom is -0.351 e. The van der Waals surface area contributed by atoms with Gasteiger partial charge in [0.15, 0.2) is 5.11 Å². The van der Waals surface area contributed by atoms with Gasteiger partial charge in [0, 0.05) is 23.3 Å². The summed E-state index contributed by atoms with van der Waals surface area (Å²) in [5.74, 6) is 0.472. The minimum absolute atomic E-state index is 0.0651. The fourth-order valence-corrected chi connectivity index (χ4v) is 5.63. The first-order valence-electron chi connectivity index (χ1n) is 11.9.